The van der Waals surface area contributed by atoms with Gasteiger partial charge in [-0.05, 0) is 30.9 Å². The predicted molar refractivity (Wildman–Crippen MR) is 76.5 cm³/mol. The van der Waals surface area contributed by atoms with Crippen LogP contribution in [0.5, 0.6) is 0 Å². The molecule has 0 bridgehead atoms. The van der Waals surface area contributed by atoms with Crippen molar-refractivity contribution in [3.8, 4) is 0 Å². The van der Waals surface area contributed by atoms with Crippen molar-refractivity contribution < 1.29 is 4.39 Å². The van der Waals surface area contributed by atoms with Gasteiger partial charge in [-0.15, -0.1) is 11.8 Å². The molecular weight excluding hydrogens is 245 g/mol. The summed E-state index contributed by atoms with van der Waals surface area (Å²) >= 11 is 1.60. The standard InChI is InChI=1S/C15H22FNS/c1-12-5-4-6-13(11-12)17-9-10-18-15-8-3-2-7-14(15)16/h2-3,7-8,12-13,17H,4-6,9-11H2,1H3. The molecule has 0 amide bonds. The maximum Gasteiger partial charge on any atom is 0.136 e. The van der Waals surface area contributed by atoms with E-state index in [9.17, 15) is 4.39 Å². The van der Waals surface area contributed by atoms with E-state index in [1.165, 1.54) is 31.7 Å². The topological polar surface area (TPSA) is 12.0 Å². The maximum atomic E-state index is 13.4. The minimum Gasteiger partial charge on any atom is -0.313 e. The Morgan fingerprint density at radius 2 is 2.17 bits per heavy atom. The van der Waals surface area contributed by atoms with E-state index in [2.05, 4.69) is 12.2 Å². The summed E-state index contributed by atoms with van der Waals surface area (Å²) in [6.07, 6.45) is 5.32. The van der Waals surface area contributed by atoms with Crippen molar-refractivity contribution >= 4 is 11.8 Å². The average Bonchev–Trinajstić information content (AvgIpc) is 2.37. The first-order chi connectivity index (χ1) is 8.75. The number of benzene rings is 1. The number of hydrogen-bond donors (Lipinski definition) is 1. The summed E-state index contributed by atoms with van der Waals surface area (Å²) in [5, 5.41) is 3.60. The lowest BCUT2D eigenvalue weighted by Gasteiger charge is -2.27. The van der Waals surface area contributed by atoms with Gasteiger partial charge in [-0.1, -0.05) is 31.9 Å². The lowest BCUT2D eigenvalue weighted by Crippen LogP contribution is -2.34. The molecule has 1 aliphatic carbocycles. The van der Waals surface area contributed by atoms with Crippen LogP contribution in [0.1, 0.15) is 32.6 Å². The van der Waals surface area contributed by atoms with Crippen LogP contribution in [-0.4, -0.2) is 18.3 Å². The first-order valence-corrected chi connectivity index (χ1v) is 7.85. The van der Waals surface area contributed by atoms with Crippen LogP contribution in [-0.2, 0) is 0 Å². The van der Waals surface area contributed by atoms with Gasteiger partial charge in [-0.2, -0.15) is 0 Å². The summed E-state index contributed by atoms with van der Waals surface area (Å²) in [7, 11) is 0. The summed E-state index contributed by atoms with van der Waals surface area (Å²) in [5.74, 6) is 1.69. The van der Waals surface area contributed by atoms with Gasteiger partial charge >= 0.3 is 0 Å². The minimum absolute atomic E-state index is 0.103. The van der Waals surface area contributed by atoms with Crippen LogP contribution in [0.2, 0.25) is 0 Å². The largest absolute Gasteiger partial charge is 0.313 e. The Bertz CT molecular complexity index is 369. The molecule has 0 aromatic heterocycles. The second-order valence-corrected chi connectivity index (χ2v) is 6.34. The molecule has 100 valence electrons. The summed E-state index contributed by atoms with van der Waals surface area (Å²) in [5.41, 5.74) is 0. The van der Waals surface area contributed by atoms with Crippen LogP contribution in [0.25, 0.3) is 0 Å². The molecule has 1 aromatic carbocycles. The molecule has 1 aromatic rings. The Kier molecular flexibility index (Phi) is 5.51. The average molecular weight is 267 g/mol. The van der Waals surface area contributed by atoms with E-state index in [4.69, 9.17) is 0 Å². The van der Waals surface area contributed by atoms with Crippen LogP contribution in [0.3, 0.4) is 0 Å². The molecule has 2 atom stereocenters. The van der Waals surface area contributed by atoms with Gasteiger partial charge in [0.25, 0.3) is 0 Å². The van der Waals surface area contributed by atoms with Crippen LogP contribution in [0.15, 0.2) is 29.2 Å². The van der Waals surface area contributed by atoms with Crippen LogP contribution < -0.4 is 5.32 Å². The lowest BCUT2D eigenvalue weighted by atomic mass is 9.87. The zero-order valence-electron chi connectivity index (χ0n) is 11.0. The van der Waals surface area contributed by atoms with Gasteiger partial charge in [0.05, 0.1) is 0 Å². The highest BCUT2D eigenvalue weighted by molar-refractivity contribution is 7.99. The number of nitrogens with one attached hydrogen (secondary N) is 1. The highest BCUT2D eigenvalue weighted by atomic mass is 32.2. The van der Waals surface area contributed by atoms with Crippen molar-refractivity contribution in [3.63, 3.8) is 0 Å². The fourth-order valence-corrected chi connectivity index (χ4v) is 3.43. The van der Waals surface area contributed by atoms with Crippen molar-refractivity contribution in [1.82, 2.24) is 5.32 Å². The van der Waals surface area contributed by atoms with Gasteiger partial charge in [0.1, 0.15) is 5.82 Å². The molecule has 2 unspecified atom stereocenters. The Morgan fingerprint density at radius 3 is 2.94 bits per heavy atom. The van der Waals surface area contributed by atoms with Gasteiger partial charge < -0.3 is 5.32 Å². The molecule has 0 spiro atoms. The molecule has 1 N–H and O–H groups in total. The van der Waals surface area contributed by atoms with Crippen LogP contribution in [0.4, 0.5) is 4.39 Å². The molecule has 1 nitrogen and oxygen atoms in total. The van der Waals surface area contributed by atoms with Crippen molar-refractivity contribution in [2.45, 2.75) is 43.5 Å². The Morgan fingerprint density at radius 1 is 1.33 bits per heavy atom. The van der Waals surface area contributed by atoms with Crippen molar-refractivity contribution in [1.29, 1.82) is 0 Å². The summed E-state index contributed by atoms with van der Waals surface area (Å²) in [6, 6.07) is 7.68. The van der Waals surface area contributed by atoms with Gasteiger partial charge in [0.15, 0.2) is 0 Å². The summed E-state index contributed by atoms with van der Waals surface area (Å²) in [6.45, 7) is 3.30. The molecular formula is C15H22FNS. The van der Waals surface area contributed by atoms with Crippen molar-refractivity contribution in [3.05, 3.63) is 30.1 Å². The Labute approximate surface area is 114 Å². The van der Waals surface area contributed by atoms with Gasteiger partial charge in [0.2, 0.25) is 0 Å². The number of rotatable bonds is 5. The fourth-order valence-electron chi connectivity index (χ4n) is 2.61. The Balaban J connectivity index is 1.65. The minimum atomic E-state index is -0.103. The van der Waals surface area contributed by atoms with E-state index in [1.807, 2.05) is 12.1 Å². The van der Waals surface area contributed by atoms with Gasteiger partial charge in [0, 0.05) is 23.2 Å². The predicted octanol–water partition coefficient (Wildman–Crippen LogP) is 4.09. The molecule has 0 aliphatic heterocycles. The molecule has 3 heteroatoms. The second kappa shape index (κ2) is 7.15. The van der Waals surface area contributed by atoms with Crippen molar-refractivity contribution in [2.75, 3.05) is 12.3 Å². The molecule has 18 heavy (non-hydrogen) atoms. The smallest absolute Gasteiger partial charge is 0.136 e. The molecule has 0 saturated heterocycles. The molecule has 2 rings (SSSR count). The van der Waals surface area contributed by atoms with E-state index in [-0.39, 0.29) is 5.82 Å². The SMILES string of the molecule is CC1CCCC(NCCSc2ccccc2F)C1. The molecule has 0 heterocycles. The zero-order valence-corrected chi connectivity index (χ0v) is 11.8. The first kappa shape index (κ1) is 13.9. The van der Waals surface area contributed by atoms with E-state index in [0.29, 0.717) is 6.04 Å². The van der Waals surface area contributed by atoms with E-state index in [0.717, 1.165) is 23.1 Å². The molecule has 1 saturated carbocycles. The lowest BCUT2D eigenvalue weighted by molar-refractivity contribution is 0.306. The Hall–Kier alpha value is -0.540. The number of thioether (sulfide) groups is 1. The number of halogens is 1. The van der Waals surface area contributed by atoms with E-state index in [1.54, 1.807) is 17.8 Å². The highest BCUT2D eigenvalue weighted by Crippen LogP contribution is 2.24. The van der Waals surface area contributed by atoms with Crippen LogP contribution >= 0.6 is 11.8 Å². The summed E-state index contributed by atoms with van der Waals surface area (Å²) < 4.78 is 13.4. The molecule has 0 radical (unpaired) electrons. The quantitative estimate of drug-likeness (QED) is 0.637. The molecule has 1 aliphatic rings. The number of hydrogen-bond acceptors (Lipinski definition) is 2. The normalized spacial score (nSPS) is 24.1. The first-order valence-electron chi connectivity index (χ1n) is 6.86. The van der Waals surface area contributed by atoms with Gasteiger partial charge in [-0.3, -0.25) is 0 Å². The summed E-state index contributed by atoms with van der Waals surface area (Å²) in [4.78, 5) is 0.760. The zero-order chi connectivity index (χ0) is 12.8. The third kappa shape index (κ3) is 4.29. The van der Waals surface area contributed by atoms with E-state index < -0.39 is 0 Å². The van der Waals surface area contributed by atoms with E-state index >= 15 is 0 Å². The van der Waals surface area contributed by atoms with Gasteiger partial charge in [-0.25, -0.2) is 4.39 Å². The molecule has 1 fully saturated rings. The van der Waals surface area contributed by atoms with Crippen LogP contribution in [0, 0.1) is 11.7 Å². The fraction of sp³-hybridized carbons (Fsp3) is 0.600. The second-order valence-electron chi connectivity index (χ2n) is 5.20. The third-order valence-corrected chi connectivity index (χ3v) is 4.62. The maximum absolute atomic E-state index is 13.4. The highest BCUT2D eigenvalue weighted by Gasteiger charge is 2.17. The van der Waals surface area contributed by atoms with Crippen molar-refractivity contribution in [2.24, 2.45) is 5.92 Å². The monoisotopic (exact) mass is 267 g/mol. The third-order valence-electron chi connectivity index (χ3n) is 3.57.